The fourth-order valence-corrected chi connectivity index (χ4v) is 14.0. The summed E-state index contributed by atoms with van der Waals surface area (Å²) < 4.78 is 12.0. The molecule has 2 saturated heterocycles. The molecule has 6 fully saturated rings. The summed E-state index contributed by atoms with van der Waals surface area (Å²) in [5.74, 6) is 4.70. The van der Waals surface area contributed by atoms with Crippen LogP contribution in [0.25, 0.3) is 0 Å². The van der Waals surface area contributed by atoms with Gasteiger partial charge < -0.3 is 9.47 Å². The molecule has 10 rings (SSSR count). The highest BCUT2D eigenvalue weighted by atomic mass is 16.5. The van der Waals surface area contributed by atoms with Crippen molar-refractivity contribution in [2.24, 2.45) is 23.7 Å². The average Bonchev–Trinajstić information content (AvgIpc) is 4.03. The van der Waals surface area contributed by atoms with Crippen LogP contribution in [0.2, 0.25) is 0 Å². The van der Waals surface area contributed by atoms with Crippen molar-refractivity contribution < 1.29 is 19.1 Å². The lowest BCUT2D eigenvalue weighted by Gasteiger charge is -2.59. The molecule has 6 heteroatoms. The molecule has 57 heavy (non-hydrogen) atoms. The Hall–Kier alpha value is -2.70. The number of ether oxygens (including phenoxy) is 2. The van der Waals surface area contributed by atoms with Gasteiger partial charge in [-0.05, 0) is 173 Å². The third kappa shape index (κ3) is 7.66. The van der Waals surface area contributed by atoms with Crippen molar-refractivity contribution in [3.63, 3.8) is 0 Å². The Kier molecular flexibility index (Phi) is 11.1. The Bertz CT molecular complexity index is 1780. The minimum Gasteiger partial charge on any atom is -0.427 e. The van der Waals surface area contributed by atoms with E-state index in [1.54, 1.807) is 0 Å². The van der Waals surface area contributed by atoms with Crippen molar-refractivity contribution in [2.45, 2.75) is 183 Å². The second-order valence-corrected chi connectivity index (χ2v) is 20.5. The fraction of sp³-hybridized carbons (Fsp3) is 0.725. The maximum atomic E-state index is 13.0. The quantitative estimate of drug-likeness (QED) is 0.102. The number of fused-ring (bicyclic) bond motifs is 2. The number of carbonyl (C=O) groups is 2. The Morgan fingerprint density at radius 2 is 1.02 bits per heavy atom. The Morgan fingerprint density at radius 1 is 0.544 bits per heavy atom. The molecule has 308 valence electrons. The van der Waals surface area contributed by atoms with Crippen LogP contribution in [0.15, 0.2) is 36.4 Å². The first-order chi connectivity index (χ1) is 28.0. The molecule has 6 aliphatic carbocycles. The summed E-state index contributed by atoms with van der Waals surface area (Å²) in [6.45, 7) is 5.10. The van der Waals surface area contributed by atoms with E-state index >= 15 is 0 Å². The van der Waals surface area contributed by atoms with Gasteiger partial charge in [0.15, 0.2) is 0 Å². The Labute approximate surface area is 343 Å². The maximum Gasteiger partial charge on any atom is 0.311 e. The highest BCUT2D eigenvalue weighted by molar-refractivity contribution is 5.73. The number of piperidine rings is 2. The van der Waals surface area contributed by atoms with Crippen LogP contribution >= 0.6 is 0 Å². The highest BCUT2D eigenvalue weighted by Gasteiger charge is 2.55. The smallest absolute Gasteiger partial charge is 0.311 e. The number of hydrogen-bond acceptors (Lipinski definition) is 6. The van der Waals surface area contributed by atoms with Crippen LogP contribution in [0.5, 0.6) is 11.5 Å². The van der Waals surface area contributed by atoms with Crippen molar-refractivity contribution in [1.29, 1.82) is 0 Å². The normalized spacial score (nSPS) is 31.9. The topological polar surface area (TPSA) is 59.1 Å². The van der Waals surface area contributed by atoms with Crippen molar-refractivity contribution in [1.82, 2.24) is 9.80 Å². The van der Waals surface area contributed by atoms with E-state index < -0.39 is 0 Å². The third-order valence-corrected chi connectivity index (χ3v) is 17.2. The first-order valence-electron chi connectivity index (χ1n) is 24.1. The summed E-state index contributed by atoms with van der Waals surface area (Å²) in [5.41, 5.74) is 6.61. The van der Waals surface area contributed by atoms with Gasteiger partial charge in [-0.15, -0.1) is 0 Å². The zero-order valence-corrected chi connectivity index (χ0v) is 35.0. The van der Waals surface area contributed by atoms with Gasteiger partial charge in [0.05, 0.1) is 0 Å². The average molecular weight is 775 g/mol. The summed E-state index contributed by atoms with van der Waals surface area (Å²) in [5, 5.41) is 0. The van der Waals surface area contributed by atoms with E-state index in [0.29, 0.717) is 24.9 Å². The number of carbonyl (C=O) groups excluding carboxylic acids is 2. The molecule has 8 aliphatic rings. The van der Waals surface area contributed by atoms with E-state index in [2.05, 4.69) is 46.2 Å². The predicted octanol–water partition coefficient (Wildman–Crippen LogP) is 10.6. The first-order valence-corrected chi connectivity index (χ1v) is 24.1. The minimum absolute atomic E-state index is 0.0981. The highest BCUT2D eigenvalue weighted by Crippen LogP contribution is 2.58. The van der Waals surface area contributed by atoms with E-state index in [1.807, 2.05) is 0 Å². The molecule has 2 aromatic carbocycles. The van der Waals surface area contributed by atoms with E-state index in [1.165, 1.54) is 158 Å². The van der Waals surface area contributed by atoms with Gasteiger partial charge in [0.2, 0.25) is 0 Å². The maximum absolute atomic E-state index is 13.0. The molecule has 6 nitrogen and oxygen atoms in total. The number of rotatable bonds is 15. The van der Waals surface area contributed by atoms with Crippen molar-refractivity contribution in [2.75, 3.05) is 26.2 Å². The van der Waals surface area contributed by atoms with Crippen LogP contribution in [0.1, 0.15) is 170 Å². The van der Waals surface area contributed by atoms with Crippen molar-refractivity contribution >= 4 is 11.9 Å². The number of nitrogens with zero attached hydrogens (tertiary/aromatic N) is 2. The second kappa shape index (κ2) is 16.4. The lowest BCUT2D eigenvalue weighted by molar-refractivity contribution is -0.135. The van der Waals surface area contributed by atoms with Gasteiger partial charge in [0, 0.05) is 48.8 Å². The molecule has 0 spiro atoms. The molecular formula is C51H70N2O4. The van der Waals surface area contributed by atoms with Gasteiger partial charge in [-0.25, -0.2) is 0 Å². The molecule has 0 radical (unpaired) electrons. The van der Waals surface area contributed by atoms with Crippen molar-refractivity contribution in [3.05, 3.63) is 58.7 Å². The molecular weight excluding hydrogens is 705 g/mol. The molecule has 4 bridgehead atoms. The molecule has 0 aromatic heterocycles. The summed E-state index contributed by atoms with van der Waals surface area (Å²) in [7, 11) is 0. The van der Waals surface area contributed by atoms with E-state index in [0.717, 1.165) is 73.7 Å². The summed E-state index contributed by atoms with van der Waals surface area (Å²) in [6, 6.07) is 14.7. The monoisotopic (exact) mass is 775 g/mol. The van der Waals surface area contributed by atoms with E-state index in [4.69, 9.17) is 9.47 Å². The number of benzene rings is 2. The van der Waals surface area contributed by atoms with Crippen LogP contribution < -0.4 is 9.47 Å². The van der Waals surface area contributed by atoms with Crippen LogP contribution in [0, 0.1) is 23.7 Å². The molecule has 0 N–H and O–H groups in total. The van der Waals surface area contributed by atoms with Crippen molar-refractivity contribution in [3.8, 4) is 11.5 Å². The van der Waals surface area contributed by atoms with Crippen LogP contribution in [-0.4, -0.2) is 60.0 Å². The summed E-state index contributed by atoms with van der Waals surface area (Å²) in [6.07, 6.45) is 29.6. The van der Waals surface area contributed by atoms with Gasteiger partial charge in [-0.2, -0.15) is 0 Å². The minimum atomic E-state index is -0.0988. The molecule has 0 unspecified atom stereocenters. The fourth-order valence-electron chi connectivity index (χ4n) is 14.0. The molecule has 2 heterocycles. The van der Waals surface area contributed by atoms with Crippen LogP contribution in [-0.2, 0) is 33.3 Å². The molecule has 0 amide bonds. The number of unbranched alkanes of at least 4 members (excludes halogenated alkanes) is 5. The summed E-state index contributed by atoms with van der Waals surface area (Å²) >= 11 is 0. The zero-order valence-electron chi connectivity index (χ0n) is 35.0. The van der Waals surface area contributed by atoms with E-state index in [9.17, 15) is 9.59 Å². The predicted molar refractivity (Wildman–Crippen MR) is 226 cm³/mol. The largest absolute Gasteiger partial charge is 0.427 e. The van der Waals surface area contributed by atoms with Gasteiger partial charge >= 0.3 is 11.9 Å². The van der Waals surface area contributed by atoms with Crippen LogP contribution in [0.3, 0.4) is 0 Å². The second-order valence-electron chi connectivity index (χ2n) is 20.5. The lowest BCUT2D eigenvalue weighted by Crippen LogP contribution is -2.61. The number of esters is 2. The van der Waals surface area contributed by atoms with Gasteiger partial charge in [0.1, 0.15) is 11.5 Å². The molecule has 4 saturated carbocycles. The van der Waals surface area contributed by atoms with Gasteiger partial charge in [-0.1, -0.05) is 69.9 Å². The van der Waals surface area contributed by atoms with Crippen LogP contribution in [0.4, 0.5) is 0 Å². The lowest BCUT2D eigenvalue weighted by atomic mass is 9.52. The number of likely N-dealkylation sites (tertiary alicyclic amines) is 2. The van der Waals surface area contributed by atoms with Gasteiger partial charge in [-0.3, -0.25) is 19.4 Å². The molecule has 2 aliphatic heterocycles. The molecule has 2 aromatic rings. The standard InChI is InChI=1S/C51H70N2O4/c54-48(56-40-22-20-38-30-46-42-14-7-9-24-50(42,44(38)32-40)26-28-52(46)34-36-12-11-13-36)16-5-3-1-2-4-6-17-49(55)57-41-23-21-39-31-47-43-15-8-10-25-51(43,45(39)33-41)27-29-53(47)35-37-18-19-37/h20-23,32-33,36-37,42-43,46-47H,1-19,24-31,34-35H2/t42-,43-,46+,47+,50+,51+/m0/s1. The third-order valence-electron chi connectivity index (χ3n) is 17.2. The van der Waals surface area contributed by atoms with E-state index in [-0.39, 0.29) is 22.8 Å². The summed E-state index contributed by atoms with van der Waals surface area (Å²) in [4.78, 5) is 31.7. The van der Waals surface area contributed by atoms with Gasteiger partial charge in [0.25, 0.3) is 0 Å². The number of hydrogen-bond donors (Lipinski definition) is 0. The SMILES string of the molecule is O=C(CCCCCCCCC(=O)Oc1ccc2c(c1)[C@@]13CCCC[C@H]1[C@@H](C2)N(CC1CC1)CC3)Oc1ccc2c(c1)[C@@]13CCCC[C@H]1[C@@H](C2)N(CC1CCC1)CC3. The Balaban J connectivity index is 0.650. The molecule has 6 atom stereocenters. The first kappa shape index (κ1) is 38.5. The Morgan fingerprint density at radius 3 is 1.47 bits per heavy atom. The zero-order chi connectivity index (χ0) is 38.4.